The second-order valence-corrected chi connectivity index (χ2v) is 7.67. The zero-order valence-corrected chi connectivity index (χ0v) is 18.2. The van der Waals surface area contributed by atoms with Crippen molar-refractivity contribution in [2.24, 2.45) is 0 Å². The molecule has 2 rings (SSSR count). The average molecular weight is 421 g/mol. The van der Waals surface area contributed by atoms with Gasteiger partial charge in [-0.05, 0) is 49.1 Å². The van der Waals surface area contributed by atoms with Crippen molar-refractivity contribution < 1.29 is 9.59 Å². The van der Waals surface area contributed by atoms with E-state index in [-0.39, 0.29) is 24.8 Å². The van der Waals surface area contributed by atoms with E-state index in [2.05, 4.69) is 5.32 Å². The van der Waals surface area contributed by atoms with Crippen LogP contribution < -0.4 is 5.32 Å². The van der Waals surface area contributed by atoms with Crippen molar-refractivity contribution in [3.63, 3.8) is 0 Å². The minimum absolute atomic E-state index is 0.144. The Balaban J connectivity index is 2.37. The maximum absolute atomic E-state index is 13.2. The third-order valence-electron chi connectivity index (χ3n) is 4.95. The van der Waals surface area contributed by atoms with E-state index in [4.69, 9.17) is 23.2 Å². The van der Waals surface area contributed by atoms with Crippen molar-refractivity contribution in [3.05, 3.63) is 68.7 Å². The molecule has 2 aromatic carbocycles. The Morgan fingerprint density at radius 3 is 2.25 bits per heavy atom. The molecule has 0 saturated heterocycles. The number of hydrogen-bond donors (Lipinski definition) is 1. The fourth-order valence-corrected chi connectivity index (χ4v) is 3.65. The van der Waals surface area contributed by atoms with Crippen LogP contribution in [0.4, 0.5) is 0 Å². The fourth-order valence-electron chi connectivity index (χ4n) is 3.13. The van der Waals surface area contributed by atoms with Gasteiger partial charge in [-0.3, -0.25) is 9.59 Å². The molecule has 1 unspecified atom stereocenters. The van der Waals surface area contributed by atoms with Crippen LogP contribution in [0.3, 0.4) is 0 Å². The molecule has 0 aliphatic heterocycles. The molecule has 150 valence electrons. The number of amides is 2. The maximum atomic E-state index is 13.2. The lowest BCUT2D eigenvalue weighted by molar-refractivity contribution is -0.140. The van der Waals surface area contributed by atoms with Crippen molar-refractivity contribution in [2.45, 2.75) is 46.2 Å². The highest BCUT2D eigenvalue weighted by atomic mass is 35.5. The lowest BCUT2D eigenvalue weighted by atomic mass is 10.0. The van der Waals surface area contributed by atoms with Crippen LogP contribution >= 0.6 is 23.2 Å². The van der Waals surface area contributed by atoms with Gasteiger partial charge < -0.3 is 10.2 Å². The maximum Gasteiger partial charge on any atom is 0.242 e. The van der Waals surface area contributed by atoms with Crippen LogP contribution in [-0.2, 0) is 22.6 Å². The van der Waals surface area contributed by atoms with Gasteiger partial charge in [-0.15, -0.1) is 0 Å². The molecular weight excluding hydrogens is 395 g/mol. The molecule has 0 aromatic heterocycles. The van der Waals surface area contributed by atoms with Gasteiger partial charge in [0, 0.05) is 29.2 Å². The number of carbonyl (C=O) groups is 2. The monoisotopic (exact) mass is 420 g/mol. The van der Waals surface area contributed by atoms with Crippen LogP contribution in [0.5, 0.6) is 0 Å². The van der Waals surface area contributed by atoms with Gasteiger partial charge in [-0.25, -0.2) is 0 Å². The Morgan fingerprint density at radius 1 is 1.07 bits per heavy atom. The fraction of sp³-hybridized carbons (Fsp3) is 0.364. The van der Waals surface area contributed by atoms with Gasteiger partial charge in [0.25, 0.3) is 0 Å². The number of hydrogen-bond acceptors (Lipinski definition) is 2. The van der Waals surface area contributed by atoms with Crippen molar-refractivity contribution in [2.75, 3.05) is 7.05 Å². The molecule has 0 heterocycles. The smallest absolute Gasteiger partial charge is 0.242 e. The van der Waals surface area contributed by atoms with Crippen LogP contribution in [0, 0.1) is 13.8 Å². The Bertz CT molecular complexity index is 847. The predicted molar refractivity (Wildman–Crippen MR) is 115 cm³/mol. The second-order valence-electron chi connectivity index (χ2n) is 6.86. The van der Waals surface area contributed by atoms with Gasteiger partial charge in [0.05, 0.1) is 6.42 Å². The molecule has 0 fully saturated rings. The quantitative estimate of drug-likeness (QED) is 0.704. The summed E-state index contributed by atoms with van der Waals surface area (Å²) in [5, 5.41) is 3.60. The SMILES string of the molecule is CCC(C(=O)NC)N(Cc1c(Cl)cccc1Cl)C(=O)Cc1ccc(C)c(C)c1. The van der Waals surface area contributed by atoms with E-state index in [9.17, 15) is 9.59 Å². The number of halogens is 2. The average Bonchev–Trinajstić information content (AvgIpc) is 2.66. The number of nitrogens with one attached hydrogen (secondary N) is 1. The Labute approximate surface area is 176 Å². The number of nitrogens with zero attached hydrogens (tertiary/aromatic N) is 1. The summed E-state index contributed by atoms with van der Waals surface area (Å²) < 4.78 is 0. The van der Waals surface area contributed by atoms with Crippen LogP contribution in [0.15, 0.2) is 36.4 Å². The van der Waals surface area contributed by atoms with E-state index in [1.54, 1.807) is 30.1 Å². The highest BCUT2D eigenvalue weighted by molar-refractivity contribution is 6.36. The summed E-state index contributed by atoms with van der Waals surface area (Å²) >= 11 is 12.6. The normalized spacial score (nSPS) is 11.8. The number of aryl methyl sites for hydroxylation is 2. The zero-order valence-electron chi connectivity index (χ0n) is 16.7. The molecule has 0 aliphatic carbocycles. The third-order valence-corrected chi connectivity index (χ3v) is 5.66. The van der Waals surface area contributed by atoms with Crippen molar-refractivity contribution >= 4 is 35.0 Å². The first kappa shape index (κ1) is 22.3. The first-order valence-electron chi connectivity index (χ1n) is 9.28. The van der Waals surface area contributed by atoms with E-state index in [0.717, 1.165) is 11.1 Å². The summed E-state index contributed by atoms with van der Waals surface area (Å²) in [4.78, 5) is 27.2. The lowest BCUT2D eigenvalue weighted by Gasteiger charge is -2.31. The van der Waals surface area contributed by atoms with Crippen molar-refractivity contribution in [3.8, 4) is 0 Å². The van der Waals surface area contributed by atoms with E-state index in [1.807, 2.05) is 39.0 Å². The summed E-state index contributed by atoms with van der Waals surface area (Å²) in [7, 11) is 1.57. The number of rotatable bonds is 7. The topological polar surface area (TPSA) is 49.4 Å². The largest absolute Gasteiger partial charge is 0.357 e. The lowest BCUT2D eigenvalue weighted by Crippen LogP contribution is -2.48. The molecule has 0 saturated carbocycles. The second kappa shape index (κ2) is 9.94. The van der Waals surface area contributed by atoms with Gasteiger partial charge >= 0.3 is 0 Å². The summed E-state index contributed by atoms with van der Waals surface area (Å²) in [6.07, 6.45) is 0.692. The molecule has 28 heavy (non-hydrogen) atoms. The van der Waals surface area contributed by atoms with Crippen molar-refractivity contribution in [1.29, 1.82) is 0 Å². The van der Waals surface area contributed by atoms with E-state index < -0.39 is 6.04 Å². The Kier molecular flexibility index (Phi) is 7.90. The molecule has 0 radical (unpaired) electrons. The number of likely N-dealkylation sites (N-methyl/N-ethyl adjacent to an activating group) is 1. The molecule has 4 nitrogen and oxygen atoms in total. The van der Waals surface area contributed by atoms with Crippen LogP contribution in [-0.4, -0.2) is 29.8 Å². The van der Waals surface area contributed by atoms with Gasteiger partial charge in [-0.1, -0.05) is 54.4 Å². The number of benzene rings is 2. The molecule has 2 amide bonds. The Morgan fingerprint density at radius 2 is 1.71 bits per heavy atom. The summed E-state index contributed by atoms with van der Waals surface area (Å²) in [6, 6.07) is 10.6. The molecule has 0 bridgehead atoms. The van der Waals surface area contributed by atoms with Gasteiger partial charge in [0.2, 0.25) is 11.8 Å². The summed E-state index contributed by atoms with van der Waals surface area (Å²) in [6.45, 7) is 6.10. The minimum Gasteiger partial charge on any atom is -0.357 e. The summed E-state index contributed by atoms with van der Waals surface area (Å²) in [5.41, 5.74) is 3.86. The van der Waals surface area contributed by atoms with E-state index >= 15 is 0 Å². The highest BCUT2D eigenvalue weighted by Gasteiger charge is 2.29. The standard InChI is InChI=1S/C22H26Cl2N2O2/c1-5-20(22(28)25-4)26(13-17-18(23)7-6-8-19(17)24)21(27)12-16-10-9-14(2)15(3)11-16/h6-11,20H,5,12-13H2,1-4H3,(H,25,28). The van der Waals surface area contributed by atoms with Gasteiger partial charge in [-0.2, -0.15) is 0 Å². The molecule has 0 spiro atoms. The van der Waals surface area contributed by atoms with Crippen LogP contribution in [0.1, 0.15) is 35.6 Å². The van der Waals surface area contributed by atoms with Gasteiger partial charge in [0.15, 0.2) is 0 Å². The van der Waals surface area contributed by atoms with E-state index in [0.29, 0.717) is 22.0 Å². The molecular formula is C22H26Cl2N2O2. The van der Waals surface area contributed by atoms with Crippen molar-refractivity contribution in [1.82, 2.24) is 10.2 Å². The Hall–Kier alpha value is -2.04. The zero-order chi connectivity index (χ0) is 20.8. The predicted octanol–water partition coefficient (Wildman–Crippen LogP) is 4.71. The van der Waals surface area contributed by atoms with Crippen LogP contribution in [0.25, 0.3) is 0 Å². The van der Waals surface area contributed by atoms with Gasteiger partial charge in [0.1, 0.15) is 6.04 Å². The molecule has 6 heteroatoms. The molecule has 1 atom stereocenters. The first-order chi connectivity index (χ1) is 13.3. The third kappa shape index (κ3) is 5.27. The molecule has 2 aromatic rings. The summed E-state index contributed by atoms with van der Waals surface area (Å²) in [5.74, 6) is -0.353. The molecule has 0 aliphatic rings. The first-order valence-corrected chi connectivity index (χ1v) is 10.0. The number of carbonyl (C=O) groups excluding carboxylic acids is 2. The molecule has 1 N–H and O–H groups in total. The minimum atomic E-state index is -0.601. The highest BCUT2D eigenvalue weighted by Crippen LogP contribution is 2.27. The van der Waals surface area contributed by atoms with E-state index in [1.165, 1.54) is 5.56 Å². The van der Waals surface area contributed by atoms with Crippen LogP contribution in [0.2, 0.25) is 10.0 Å².